The minimum absolute atomic E-state index is 0.161. The van der Waals surface area contributed by atoms with E-state index in [1.807, 2.05) is 39.8 Å². The van der Waals surface area contributed by atoms with E-state index in [-0.39, 0.29) is 17.8 Å². The van der Waals surface area contributed by atoms with Gasteiger partial charge in [0.15, 0.2) is 0 Å². The van der Waals surface area contributed by atoms with Gasteiger partial charge >= 0.3 is 5.97 Å². The molecule has 1 aromatic rings. The molecular weight excluding hydrogens is 228 g/mol. The molecule has 18 heavy (non-hydrogen) atoms. The smallest absolute Gasteiger partial charge is 0.313 e. The summed E-state index contributed by atoms with van der Waals surface area (Å²) in [6.45, 7) is 8.09. The zero-order chi connectivity index (χ0) is 13.9. The Morgan fingerprint density at radius 2 is 1.67 bits per heavy atom. The van der Waals surface area contributed by atoms with Crippen molar-refractivity contribution >= 4 is 5.97 Å². The molecule has 0 spiro atoms. The van der Waals surface area contributed by atoms with Gasteiger partial charge in [-0.25, -0.2) is 0 Å². The van der Waals surface area contributed by atoms with E-state index < -0.39 is 0 Å². The molecule has 0 N–H and O–H groups in total. The second-order valence-corrected chi connectivity index (χ2v) is 4.92. The van der Waals surface area contributed by atoms with E-state index in [4.69, 9.17) is 9.47 Å². The third kappa shape index (κ3) is 2.84. The normalized spacial score (nSPS) is 12.4. The van der Waals surface area contributed by atoms with E-state index in [9.17, 15) is 4.79 Å². The van der Waals surface area contributed by atoms with Gasteiger partial charge in [0.2, 0.25) is 0 Å². The highest BCUT2D eigenvalue weighted by molar-refractivity contribution is 5.79. The summed E-state index contributed by atoms with van der Waals surface area (Å²) in [5, 5.41) is 0. The SMILES string of the molecule is COC(=O)C(c1cc(C)c(C)cc1OC)C(C)C. The van der Waals surface area contributed by atoms with Crippen LogP contribution in [0.1, 0.15) is 36.5 Å². The lowest BCUT2D eigenvalue weighted by Crippen LogP contribution is -2.20. The average Bonchev–Trinajstić information content (AvgIpc) is 2.32. The number of hydrogen-bond acceptors (Lipinski definition) is 3. The van der Waals surface area contributed by atoms with Crippen LogP contribution in [-0.2, 0) is 9.53 Å². The third-order valence-electron chi connectivity index (χ3n) is 3.30. The van der Waals surface area contributed by atoms with Crippen LogP contribution >= 0.6 is 0 Å². The van der Waals surface area contributed by atoms with E-state index in [1.165, 1.54) is 7.11 Å². The zero-order valence-electron chi connectivity index (χ0n) is 12.0. The summed E-state index contributed by atoms with van der Waals surface area (Å²) in [5.41, 5.74) is 3.21. The van der Waals surface area contributed by atoms with Crippen LogP contribution in [0.25, 0.3) is 0 Å². The highest BCUT2D eigenvalue weighted by Crippen LogP contribution is 2.34. The van der Waals surface area contributed by atoms with Crippen LogP contribution in [0.3, 0.4) is 0 Å². The molecule has 0 heterocycles. The molecule has 1 aromatic carbocycles. The molecule has 1 unspecified atom stereocenters. The topological polar surface area (TPSA) is 35.5 Å². The van der Waals surface area contributed by atoms with E-state index in [0.717, 1.165) is 22.4 Å². The summed E-state index contributed by atoms with van der Waals surface area (Å²) in [7, 11) is 3.05. The van der Waals surface area contributed by atoms with Crippen molar-refractivity contribution in [2.75, 3.05) is 14.2 Å². The first kappa shape index (κ1) is 14.6. The van der Waals surface area contributed by atoms with Crippen molar-refractivity contribution in [2.45, 2.75) is 33.6 Å². The second kappa shape index (κ2) is 5.89. The van der Waals surface area contributed by atoms with Gasteiger partial charge in [-0.15, -0.1) is 0 Å². The fourth-order valence-electron chi connectivity index (χ4n) is 2.12. The number of methoxy groups -OCH3 is 2. The van der Waals surface area contributed by atoms with Gasteiger partial charge in [-0.2, -0.15) is 0 Å². The number of hydrogen-bond donors (Lipinski definition) is 0. The van der Waals surface area contributed by atoms with E-state index >= 15 is 0 Å². The predicted octanol–water partition coefficient (Wildman–Crippen LogP) is 3.22. The molecule has 0 saturated heterocycles. The summed E-state index contributed by atoms with van der Waals surface area (Å²) in [5.74, 6) is 0.409. The lowest BCUT2D eigenvalue weighted by molar-refractivity contribution is -0.143. The third-order valence-corrected chi connectivity index (χ3v) is 3.30. The summed E-state index contributed by atoms with van der Waals surface area (Å²) in [6.07, 6.45) is 0. The molecule has 0 saturated carbocycles. The molecule has 0 fully saturated rings. The minimum atomic E-state index is -0.288. The summed E-state index contributed by atoms with van der Waals surface area (Å²) >= 11 is 0. The molecule has 3 nitrogen and oxygen atoms in total. The molecule has 0 bridgehead atoms. The van der Waals surface area contributed by atoms with Crippen LogP contribution in [0.2, 0.25) is 0 Å². The molecule has 1 atom stereocenters. The molecule has 1 rings (SSSR count). The minimum Gasteiger partial charge on any atom is -0.496 e. The highest BCUT2D eigenvalue weighted by atomic mass is 16.5. The number of carbonyl (C=O) groups is 1. The fraction of sp³-hybridized carbons (Fsp3) is 0.533. The first-order valence-corrected chi connectivity index (χ1v) is 6.15. The molecular formula is C15H22O3. The van der Waals surface area contributed by atoms with Crippen LogP contribution in [0, 0.1) is 19.8 Å². The monoisotopic (exact) mass is 250 g/mol. The van der Waals surface area contributed by atoms with E-state index in [2.05, 4.69) is 0 Å². The van der Waals surface area contributed by atoms with Crippen LogP contribution in [-0.4, -0.2) is 20.2 Å². The van der Waals surface area contributed by atoms with Crippen LogP contribution in [0.15, 0.2) is 12.1 Å². The lowest BCUT2D eigenvalue weighted by atomic mass is 9.86. The Hall–Kier alpha value is -1.51. The molecule has 0 amide bonds. The maximum Gasteiger partial charge on any atom is 0.313 e. The maximum absolute atomic E-state index is 11.9. The van der Waals surface area contributed by atoms with Crippen molar-refractivity contribution in [1.29, 1.82) is 0 Å². The first-order valence-electron chi connectivity index (χ1n) is 6.15. The number of benzene rings is 1. The van der Waals surface area contributed by atoms with Crippen molar-refractivity contribution in [1.82, 2.24) is 0 Å². The molecule has 0 radical (unpaired) electrons. The Morgan fingerprint density at radius 1 is 1.11 bits per heavy atom. The predicted molar refractivity (Wildman–Crippen MR) is 72.1 cm³/mol. The Kier molecular flexibility index (Phi) is 4.76. The largest absolute Gasteiger partial charge is 0.496 e. The van der Waals surface area contributed by atoms with Gasteiger partial charge in [0.1, 0.15) is 5.75 Å². The first-order chi connectivity index (χ1) is 8.42. The number of ether oxygens (including phenoxy) is 2. The highest BCUT2D eigenvalue weighted by Gasteiger charge is 2.28. The van der Waals surface area contributed by atoms with Crippen molar-refractivity contribution in [3.63, 3.8) is 0 Å². The van der Waals surface area contributed by atoms with Gasteiger partial charge < -0.3 is 9.47 Å². The molecule has 0 aromatic heterocycles. The molecule has 0 aliphatic carbocycles. The Labute approximate surface area is 109 Å². The number of esters is 1. The van der Waals surface area contributed by atoms with Crippen molar-refractivity contribution < 1.29 is 14.3 Å². The summed E-state index contributed by atoms with van der Waals surface area (Å²) in [4.78, 5) is 11.9. The Bertz CT molecular complexity index is 436. The van der Waals surface area contributed by atoms with Gasteiger partial charge in [-0.1, -0.05) is 19.9 Å². The number of carbonyl (C=O) groups excluding carboxylic acids is 1. The second-order valence-electron chi connectivity index (χ2n) is 4.92. The molecule has 100 valence electrons. The van der Waals surface area contributed by atoms with Crippen molar-refractivity contribution in [3.05, 3.63) is 28.8 Å². The van der Waals surface area contributed by atoms with Gasteiger partial charge in [-0.05, 0) is 37.0 Å². The summed E-state index contributed by atoms with van der Waals surface area (Å²) < 4.78 is 10.3. The quantitative estimate of drug-likeness (QED) is 0.770. The van der Waals surface area contributed by atoms with Gasteiger partial charge in [-0.3, -0.25) is 4.79 Å². The van der Waals surface area contributed by atoms with Crippen LogP contribution < -0.4 is 4.74 Å². The lowest BCUT2D eigenvalue weighted by Gasteiger charge is -2.22. The Balaban J connectivity index is 3.35. The number of aryl methyl sites for hydroxylation is 2. The molecule has 0 aliphatic rings. The number of rotatable bonds is 4. The van der Waals surface area contributed by atoms with E-state index in [0.29, 0.717) is 0 Å². The van der Waals surface area contributed by atoms with E-state index in [1.54, 1.807) is 7.11 Å². The van der Waals surface area contributed by atoms with Gasteiger partial charge in [0.25, 0.3) is 0 Å². The maximum atomic E-state index is 11.9. The molecule has 3 heteroatoms. The Morgan fingerprint density at radius 3 is 2.11 bits per heavy atom. The van der Waals surface area contributed by atoms with Crippen molar-refractivity contribution in [2.24, 2.45) is 5.92 Å². The van der Waals surface area contributed by atoms with Gasteiger partial charge in [0.05, 0.1) is 20.1 Å². The fourth-order valence-corrected chi connectivity index (χ4v) is 2.12. The average molecular weight is 250 g/mol. The summed E-state index contributed by atoms with van der Waals surface area (Å²) in [6, 6.07) is 4.00. The standard InChI is InChI=1S/C15H22O3/c1-9(2)14(15(16)18-6)12-7-10(3)11(4)8-13(12)17-5/h7-9,14H,1-6H3. The zero-order valence-corrected chi connectivity index (χ0v) is 12.0. The van der Waals surface area contributed by atoms with Crippen LogP contribution in [0.4, 0.5) is 0 Å². The van der Waals surface area contributed by atoms with Crippen molar-refractivity contribution in [3.8, 4) is 5.75 Å². The molecule has 0 aliphatic heterocycles. The van der Waals surface area contributed by atoms with Gasteiger partial charge in [0, 0.05) is 5.56 Å². The van der Waals surface area contributed by atoms with Crippen LogP contribution in [0.5, 0.6) is 5.75 Å².